The SMILES string of the molecule is NC(CCc1nc(C(=O)NC2CC2)no1)c1ccccc1. The molecule has 6 heteroatoms. The van der Waals surface area contributed by atoms with E-state index in [9.17, 15) is 4.79 Å². The van der Waals surface area contributed by atoms with Crippen molar-refractivity contribution < 1.29 is 9.32 Å². The number of amides is 1. The van der Waals surface area contributed by atoms with Gasteiger partial charge >= 0.3 is 0 Å². The summed E-state index contributed by atoms with van der Waals surface area (Å²) >= 11 is 0. The summed E-state index contributed by atoms with van der Waals surface area (Å²) in [6, 6.07) is 10.1. The van der Waals surface area contributed by atoms with Gasteiger partial charge in [-0.25, -0.2) is 0 Å². The Morgan fingerprint density at radius 1 is 1.38 bits per heavy atom. The largest absolute Gasteiger partial charge is 0.346 e. The Bertz CT molecular complexity index is 607. The third-order valence-corrected chi connectivity index (χ3v) is 3.48. The van der Waals surface area contributed by atoms with E-state index >= 15 is 0 Å². The van der Waals surface area contributed by atoms with Crippen LogP contribution in [0.5, 0.6) is 0 Å². The van der Waals surface area contributed by atoms with Crippen molar-refractivity contribution in [3.05, 3.63) is 47.6 Å². The summed E-state index contributed by atoms with van der Waals surface area (Å²) in [4.78, 5) is 15.9. The van der Waals surface area contributed by atoms with Crippen LogP contribution < -0.4 is 11.1 Å². The molecule has 1 heterocycles. The maximum Gasteiger partial charge on any atom is 0.292 e. The van der Waals surface area contributed by atoms with Crippen molar-refractivity contribution in [2.75, 3.05) is 0 Å². The van der Waals surface area contributed by atoms with E-state index in [4.69, 9.17) is 10.3 Å². The molecule has 1 fully saturated rings. The highest BCUT2D eigenvalue weighted by molar-refractivity contribution is 5.90. The first-order valence-electron chi connectivity index (χ1n) is 7.16. The van der Waals surface area contributed by atoms with E-state index in [1.165, 1.54) is 0 Å². The lowest BCUT2D eigenvalue weighted by Crippen LogP contribution is -2.26. The zero-order valence-corrected chi connectivity index (χ0v) is 11.7. The highest BCUT2D eigenvalue weighted by atomic mass is 16.5. The van der Waals surface area contributed by atoms with Gasteiger partial charge in [-0.2, -0.15) is 4.98 Å². The normalized spacial score (nSPS) is 15.7. The number of carbonyl (C=O) groups excluding carboxylic acids is 1. The van der Waals surface area contributed by atoms with Gasteiger partial charge in [0, 0.05) is 18.5 Å². The van der Waals surface area contributed by atoms with Crippen molar-refractivity contribution in [1.82, 2.24) is 15.5 Å². The Hall–Kier alpha value is -2.21. The molecular formula is C15H18N4O2. The number of aromatic nitrogens is 2. The summed E-state index contributed by atoms with van der Waals surface area (Å²) in [5.41, 5.74) is 7.19. The molecule has 1 amide bonds. The predicted molar refractivity (Wildman–Crippen MR) is 76.5 cm³/mol. The molecule has 1 aliphatic carbocycles. The van der Waals surface area contributed by atoms with Crippen LogP contribution in [0, 0.1) is 0 Å². The minimum Gasteiger partial charge on any atom is -0.346 e. The van der Waals surface area contributed by atoms with Gasteiger partial charge in [0.25, 0.3) is 11.7 Å². The quantitative estimate of drug-likeness (QED) is 0.841. The average Bonchev–Trinajstić information content (AvgIpc) is 3.19. The third kappa shape index (κ3) is 3.66. The second kappa shape index (κ2) is 6.05. The predicted octanol–water partition coefficient (Wildman–Crippen LogP) is 1.59. The number of hydrogen-bond donors (Lipinski definition) is 2. The van der Waals surface area contributed by atoms with Crippen LogP contribution in [0.15, 0.2) is 34.9 Å². The van der Waals surface area contributed by atoms with Gasteiger partial charge in [0.1, 0.15) is 0 Å². The van der Waals surface area contributed by atoms with E-state index in [0.717, 1.165) is 18.4 Å². The maximum absolute atomic E-state index is 11.7. The standard InChI is InChI=1S/C15H18N4O2/c16-12(10-4-2-1-3-5-10)8-9-13-18-14(19-21-13)15(20)17-11-6-7-11/h1-5,11-12H,6-9,16H2,(H,17,20). The van der Waals surface area contributed by atoms with Crippen LogP contribution in [0.25, 0.3) is 0 Å². The molecule has 3 N–H and O–H groups in total. The van der Waals surface area contributed by atoms with Crippen molar-refractivity contribution in [3.8, 4) is 0 Å². The maximum atomic E-state index is 11.7. The summed E-state index contributed by atoms with van der Waals surface area (Å²) in [5.74, 6) is 0.285. The molecule has 1 atom stereocenters. The number of rotatable bonds is 6. The van der Waals surface area contributed by atoms with Crippen molar-refractivity contribution in [3.63, 3.8) is 0 Å². The molecule has 6 nitrogen and oxygen atoms in total. The lowest BCUT2D eigenvalue weighted by molar-refractivity contribution is 0.0937. The Labute approximate surface area is 122 Å². The number of benzene rings is 1. The number of nitrogens with one attached hydrogen (secondary N) is 1. The van der Waals surface area contributed by atoms with Gasteiger partial charge in [-0.1, -0.05) is 35.5 Å². The molecule has 1 aliphatic rings. The van der Waals surface area contributed by atoms with Crippen LogP contribution in [0.4, 0.5) is 0 Å². The zero-order valence-electron chi connectivity index (χ0n) is 11.7. The molecule has 1 aromatic heterocycles. The van der Waals surface area contributed by atoms with E-state index in [-0.39, 0.29) is 23.8 Å². The van der Waals surface area contributed by atoms with Crippen LogP contribution >= 0.6 is 0 Å². The lowest BCUT2D eigenvalue weighted by atomic mass is 10.0. The van der Waals surface area contributed by atoms with E-state index in [1.54, 1.807) is 0 Å². The first-order chi connectivity index (χ1) is 10.2. The minimum atomic E-state index is -0.264. The molecule has 0 aliphatic heterocycles. The average molecular weight is 286 g/mol. The summed E-state index contributed by atoms with van der Waals surface area (Å²) < 4.78 is 5.10. The van der Waals surface area contributed by atoms with Gasteiger partial charge in [0.05, 0.1) is 0 Å². The molecule has 1 aromatic carbocycles. The molecule has 21 heavy (non-hydrogen) atoms. The number of carbonyl (C=O) groups is 1. The molecule has 0 bridgehead atoms. The Kier molecular flexibility index (Phi) is 3.96. The van der Waals surface area contributed by atoms with Gasteiger partial charge in [-0.15, -0.1) is 0 Å². The highest BCUT2D eigenvalue weighted by Gasteiger charge is 2.26. The highest BCUT2D eigenvalue weighted by Crippen LogP contribution is 2.19. The van der Waals surface area contributed by atoms with Gasteiger partial charge in [0.15, 0.2) is 0 Å². The second-order valence-corrected chi connectivity index (χ2v) is 5.32. The number of nitrogens with zero attached hydrogens (tertiary/aromatic N) is 2. The fraction of sp³-hybridized carbons (Fsp3) is 0.400. The zero-order chi connectivity index (χ0) is 14.7. The van der Waals surface area contributed by atoms with Gasteiger partial charge in [0.2, 0.25) is 5.89 Å². The molecule has 1 unspecified atom stereocenters. The van der Waals surface area contributed by atoms with Gasteiger partial charge < -0.3 is 15.6 Å². The van der Waals surface area contributed by atoms with Crippen molar-refractivity contribution in [2.45, 2.75) is 37.8 Å². The van der Waals surface area contributed by atoms with E-state index in [2.05, 4.69) is 15.5 Å². The lowest BCUT2D eigenvalue weighted by Gasteiger charge is -2.09. The van der Waals surface area contributed by atoms with Crippen LogP contribution in [0.1, 0.15) is 47.4 Å². The van der Waals surface area contributed by atoms with Crippen molar-refractivity contribution >= 4 is 5.91 Å². The summed E-state index contributed by atoms with van der Waals surface area (Å²) in [6.07, 6.45) is 3.31. The first kappa shape index (κ1) is 13.8. The monoisotopic (exact) mass is 286 g/mol. The Balaban J connectivity index is 1.53. The van der Waals surface area contributed by atoms with E-state index in [0.29, 0.717) is 18.7 Å². The number of hydrogen-bond acceptors (Lipinski definition) is 5. The number of nitrogens with two attached hydrogens (primary N) is 1. The molecule has 0 spiro atoms. The molecule has 2 aromatic rings. The fourth-order valence-electron chi connectivity index (χ4n) is 2.07. The van der Waals surface area contributed by atoms with Crippen molar-refractivity contribution in [2.24, 2.45) is 5.73 Å². The molecule has 110 valence electrons. The third-order valence-electron chi connectivity index (χ3n) is 3.48. The Morgan fingerprint density at radius 2 is 2.14 bits per heavy atom. The molecule has 0 saturated heterocycles. The molecule has 3 rings (SSSR count). The molecule has 0 radical (unpaired) electrons. The Morgan fingerprint density at radius 3 is 2.86 bits per heavy atom. The minimum absolute atomic E-state index is 0.0816. The summed E-state index contributed by atoms with van der Waals surface area (Å²) in [7, 11) is 0. The van der Waals surface area contributed by atoms with Crippen LogP contribution in [-0.2, 0) is 6.42 Å². The van der Waals surface area contributed by atoms with Crippen LogP contribution in [0.3, 0.4) is 0 Å². The first-order valence-corrected chi connectivity index (χ1v) is 7.16. The van der Waals surface area contributed by atoms with Gasteiger partial charge in [-0.05, 0) is 24.8 Å². The second-order valence-electron chi connectivity index (χ2n) is 5.32. The smallest absolute Gasteiger partial charge is 0.292 e. The van der Waals surface area contributed by atoms with Crippen LogP contribution in [0.2, 0.25) is 0 Å². The molecule has 1 saturated carbocycles. The summed E-state index contributed by atoms with van der Waals surface area (Å²) in [6.45, 7) is 0. The van der Waals surface area contributed by atoms with E-state index in [1.807, 2.05) is 30.3 Å². The number of aryl methyl sites for hydroxylation is 1. The van der Waals surface area contributed by atoms with E-state index < -0.39 is 0 Å². The molecular weight excluding hydrogens is 268 g/mol. The van der Waals surface area contributed by atoms with Crippen LogP contribution in [-0.4, -0.2) is 22.1 Å². The summed E-state index contributed by atoms with van der Waals surface area (Å²) in [5, 5.41) is 6.53. The topological polar surface area (TPSA) is 94.0 Å². The fourth-order valence-corrected chi connectivity index (χ4v) is 2.07. The van der Waals surface area contributed by atoms with Gasteiger partial charge in [-0.3, -0.25) is 4.79 Å². The van der Waals surface area contributed by atoms with Crippen molar-refractivity contribution in [1.29, 1.82) is 0 Å².